The molecule has 17 heavy (non-hydrogen) atoms. The van der Waals surface area contributed by atoms with Gasteiger partial charge >= 0.3 is 0 Å². The van der Waals surface area contributed by atoms with Crippen LogP contribution in [-0.4, -0.2) is 6.29 Å². The van der Waals surface area contributed by atoms with Gasteiger partial charge in [-0.05, 0) is 48.2 Å². The van der Waals surface area contributed by atoms with Crippen molar-refractivity contribution in [2.24, 2.45) is 0 Å². The molecule has 0 amide bonds. The predicted molar refractivity (Wildman–Crippen MR) is 71.7 cm³/mol. The molecule has 2 aromatic rings. The van der Waals surface area contributed by atoms with Crippen LogP contribution >= 0.6 is 11.6 Å². The Hall–Kier alpha value is -1.60. The first-order chi connectivity index (χ1) is 8.11. The van der Waals surface area contributed by atoms with Crippen LogP contribution in [0.2, 0.25) is 5.02 Å². The van der Waals surface area contributed by atoms with E-state index in [0.717, 1.165) is 17.4 Å². The Morgan fingerprint density at radius 1 is 1.00 bits per heavy atom. The third-order valence-electron chi connectivity index (χ3n) is 2.96. The predicted octanol–water partition coefficient (Wildman–Crippen LogP) is 4.44. The van der Waals surface area contributed by atoms with Gasteiger partial charge in [-0.3, -0.25) is 4.79 Å². The summed E-state index contributed by atoms with van der Waals surface area (Å²) in [7, 11) is 0. The average Bonchev–Trinajstić information content (AvgIpc) is 2.32. The minimum absolute atomic E-state index is 0.583. The summed E-state index contributed by atoms with van der Waals surface area (Å²) in [6.45, 7) is 4.14. The molecule has 0 saturated heterocycles. The van der Waals surface area contributed by atoms with Gasteiger partial charge in [-0.15, -0.1) is 0 Å². The Balaban J connectivity index is 2.59. The smallest absolute Gasteiger partial charge is 0.150 e. The maximum Gasteiger partial charge on any atom is 0.150 e. The normalized spacial score (nSPS) is 10.3. The van der Waals surface area contributed by atoms with Gasteiger partial charge in [0.2, 0.25) is 0 Å². The van der Waals surface area contributed by atoms with Crippen molar-refractivity contribution in [3.05, 3.63) is 58.1 Å². The largest absolute Gasteiger partial charge is 0.298 e. The highest BCUT2D eigenvalue weighted by atomic mass is 35.5. The van der Waals surface area contributed by atoms with Crippen molar-refractivity contribution in [1.82, 2.24) is 0 Å². The van der Waals surface area contributed by atoms with Crippen molar-refractivity contribution in [3.63, 3.8) is 0 Å². The molecule has 0 atom stereocenters. The maximum absolute atomic E-state index is 11.0. The maximum atomic E-state index is 11.0. The molecule has 86 valence electrons. The molecule has 0 spiro atoms. The van der Waals surface area contributed by atoms with Gasteiger partial charge in [0.25, 0.3) is 0 Å². The van der Waals surface area contributed by atoms with Crippen molar-refractivity contribution in [2.45, 2.75) is 13.8 Å². The standard InChI is InChI=1S/C15H13ClO/c1-10-3-4-12(7-11(10)2)15-6-5-14(16)8-13(15)9-17/h3-9H,1-2H3. The Morgan fingerprint density at radius 2 is 1.76 bits per heavy atom. The van der Waals surface area contributed by atoms with Crippen molar-refractivity contribution in [2.75, 3.05) is 0 Å². The molecule has 0 aromatic heterocycles. The van der Waals surface area contributed by atoms with E-state index in [1.54, 1.807) is 12.1 Å². The highest BCUT2D eigenvalue weighted by Gasteiger charge is 2.06. The summed E-state index contributed by atoms with van der Waals surface area (Å²) in [5.41, 5.74) is 5.06. The molecule has 2 aromatic carbocycles. The molecule has 0 aliphatic rings. The van der Waals surface area contributed by atoms with Gasteiger partial charge in [0.05, 0.1) is 0 Å². The third kappa shape index (κ3) is 2.40. The van der Waals surface area contributed by atoms with E-state index in [-0.39, 0.29) is 0 Å². The summed E-state index contributed by atoms with van der Waals surface area (Å²) < 4.78 is 0. The van der Waals surface area contributed by atoms with E-state index in [1.807, 2.05) is 12.1 Å². The summed E-state index contributed by atoms with van der Waals surface area (Å²) in [6, 6.07) is 11.6. The van der Waals surface area contributed by atoms with E-state index in [4.69, 9.17) is 11.6 Å². The van der Waals surface area contributed by atoms with Crippen LogP contribution in [0.1, 0.15) is 21.5 Å². The number of aryl methyl sites for hydroxylation is 2. The summed E-state index contributed by atoms with van der Waals surface area (Å²) in [6.07, 6.45) is 0.844. The third-order valence-corrected chi connectivity index (χ3v) is 3.19. The van der Waals surface area contributed by atoms with Crippen molar-refractivity contribution < 1.29 is 4.79 Å². The van der Waals surface area contributed by atoms with Gasteiger partial charge in [-0.2, -0.15) is 0 Å². The number of hydrogen-bond acceptors (Lipinski definition) is 1. The fourth-order valence-electron chi connectivity index (χ4n) is 1.80. The molecule has 2 rings (SSSR count). The Kier molecular flexibility index (Phi) is 3.30. The molecule has 0 saturated carbocycles. The molecule has 2 heteroatoms. The highest BCUT2D eigenvalue weighted by molar-refractivity contribution is 6.31. The summed E-state index contributed by atoms with van der Waals surface area (Å²) in [4.78, 5) is 11.0. The van der Waals surface area contributed by atoms with Gasteiger partial charge < -0.3 is 0 Å². The van der Waals surface area contributed by atoms with E-state index >= 15 is 0 Å². The fourth-order valence-corrected chi connectivity index (χ4v) is 1.98. The number of carbonyl (C=O) groups is 1. The van der Waals surface area contributed by atoms with Crippen molar-refractivity contribution in [1.29, 1.82) is 0 Å². The van der Waals surface area contributed by atoms with Gasteiger partial charge in [0.15, 0.2) is 6.29 Å². The second kappa shape index (κ2) is 4.72. The van der Waals surface area contributed by atoms with Gasteiger partial charge in [-0.25, -0.2) is 0 Å². The number of benzene rings is 2. The van der Waals surface area contributed by atoms with E-state index in [9.17, 15) is 4.79 Å². The molecule has 0 fully saturated rings. The van der Waals surface area contributed by atoms with Crippen LogP contribution in [0, 0.1) is 13.8 Å². The van der Waals surface area contributed by atoms with Crippen LogP contribution in [0.25, 0.3) is 11.1 Å². The monoisotopic (exact) mass is 244 g/mol. The van der Waals surface area contributed by atoms with E-state index in [1.165, 1.54) is 11.1 Å². The summed E-state index contributed by atoms with van der Waals surface area (Å²) in [5, 5.41) is 0.583. The van der Waals surface area contributed by atoms with Crippen molar-refractivity contribution >= 4 is 17.9 Å². The van der Waals surface area contributed by atoms with Crippen LogP contribution in [0.15, 0.2) is 36.4 Å². The molecular weight excluding hydrogens is 232 g/mol. The molecule has 0 bridgehead atoms. The Bertz CT molecular complexity index is 573. The van der Waals surface area contributed by atoms with E-state index < -0.39 is 0 Å². The Morgan fingerprint density at radius 3 is 2.41 bits per heavy atom. The second-order valence-electron chi connectivity index (χ2n) is 4.15. The molecule has 0 aliphatic heterocycles. The number of hydrogen-bond donors (Lipinski definition) is 0. The van der Waals surface area contributed by atoms with Crippen LogP contribution in [0.4, 0.5) is 0 Å². The first kappa shape index (κ1) is 11.9. The molecule has 0 aliphatic carbocycles. The molecule has 1 nitrogen and oxygen atoms in total. The topological polar surface area (TPSA) is 17.1 Å². The zero-order valence-corrected chi connectivity index (χ0v) is 10.6. The molecule has 0 heterocycles. The number of halogens is 1. The van der Waals surface area contributed by atoms with Gasteiger partial charge in [0.1, 0.15) is 0 Å². The minimum atomic E-state index is 0.583. The first-order valence-electron chi connectivity index (χ1n) is 5.44. The van der Waals surface area contributed by atoms with Crippen LogP contribution in [-0.2, 0) is 0 Å². The first-order valence-corrected chi connectivity index (χ1v) is 5.82. The van der Waals surface area contributed by atoms with E-state index in [0.29, 0.717) is 10.6 Å². The highest BCUT2D eigenvalue weighted by Crippen LogP contribution is 2.27. The number of rotatable bonds is 2. The lowest BCUT2D eigenvalue weighted by Crippen LogP contribution is -1.89. The number of carbonyl (C=O) groups excluding carboxylic acids is 1. The van der Waals surface area contributed by atoms with Crippen LogP contribution < -0.4 is 0 Å². The summed E-state index contributed by atoms with van der Waals surface area (Å²) >= 11 is 5.88. The number of aldehydes is 1. The Labute approximate surface area is 106 Å². The van der Waals surface area contributed by atoms with Gasteiger partial charge in [0, 0.05) is 10.6 Å². The molecule has 0 N–H and O–H groups in total. The van der Waals surface area contributed by atoms with Crippen molar-refractivity contribution in [3.8, 4) is 11.1 Å². The second-order valence-corrected chi connectivity index (χ2v) is 4.58. The van der Waals surface area contributed by atoms with Crippen LogP contribution in [0.3, 0.4) is 0 Å². The quantitative estimate of drug-likeness (QED) is 0.714. The average molecular weight is 245 g/mol. The lowest BCUT2D eigenvalue weighted by molar-refractivity contribution is 0.112. The minimum Gasteiger partial charge on any atom is -0.298 e. The van der Waals surface area contributed by atoms with E-state index in [2.05, 4.69) is 26.0 Å². The summed E-state index contributed by atoms with van der Waals surface area (Å²) in [5.74, 6) is 0. The zero-order valence-electron chi connectivity index (χ0n) is 9.83. The SMILES string of the molecule is Cc1ccc(-c2ccc(Cl)cc2C=O)cc1C. The molecular formula is C15H13ClO. The van der Waals surface area contributed by atoms with Crippen LogP contribution in [0.5, 0.6) is 0 Å². The molecule has 0 radical (unpaired) electrons. The lowest BCUT2D eigenvalue weighted by Gasteiger charge is -2.08. The fraction of sp³-hybridized carbons (Fsp3) is 0.133. The lowest BCUT2D eigenvalue weighted by atomic mass is 9.97. The molecule has 0 unspecified atom stereocenters. The zero-order chi connectivity index (χ0) is 12.4. The van der Waals surface area contributed by atoms with Gasteiger partial charge in [-0.1, -0.05) is 35.9 Å².